The molecule has 2 N–H and O–H groups in total. The Morgan fingerprint density at radius 1 is 1.44 bits per heavy atom. The minimum absolute atomic E-state index is 0.749. The number of carbonyl (C=O) groups is 1. The third-order valence-electron chi connectivity index (χ3n) is 3.42. The number of likely N-dealkylation sites (tertiary alicyclic amines) is 1. The summed E-state index contributed by atoms with van der Waals surface area (Å²) in [5, 5.41) is 18.8. The van der Waals surface area contributed by atoms with Gasteiger partial charge in [-0.15, -0.1) is 11.3 Å². The monoisotopic (exact) mass is 269 g/mol. The zero-order valence-electron chi connectivity index (χ0n) is 10.5. The first-order valence-corrected chi connectivity index (χ1v) is 7.11. The molecular weight excluding hydrogens is 250 g/mol. The molecule has 0 aliphatic carbocycles. The molecule has 1 aromatic rings. The van der Waals surface area contributed by atoms with Gasteiger partial charge in [0, 0.05) is 16.3 Å². The number of hydrogen-bond acceptors (Lipinski definition) is 4. The van der Waals surface area contributed by atoms with Crippen LogP contribution in [0, 0.1) is 5.92 Å². The van der Waals surface area contributed by atoms with Crippen LogP contribution in [-0.4, -0.2) is 34.2 Å². The molecule has 0 amide bonds. The van der Waals surface area contributed by atoms with Crippen molar-refractivity contribution in [2.75, 3.05) is 13.1 Å². The molecule has 5 heteroatoms. The van der Waals surface area contributed by atoms with Crippen molar-refractivity contribution >= 4 is 17.3 Å². The summed E-state index contributed by atoms with van der Waals surface area (Å²) in [4.78, 5) is 15.2. The smallest absolute Gasteiger partial charge is 0.309 e. The third kappa shape index (κ3) is 3.10. The van der Waals surface area contributed by atoms with E-state index < -0.39 is 18.0 Å². The molecule has 0 bridgehead atoms. The minimum Gasteiger partial charge on any atom is -0.481 e. The van der Waals surface area contributed by atoms with E-state index in [9.17, 15) is 9.90 Å². The molecule has 1 aromatic heterocycles. The predicted octanol–water partition coefficient (Wildman–Crippen LogP) is 2.10. The third-order valence-corrected chi connectivity index (χ3v) is 4.56. The van der Waals surface area contributed by atoms with E-state index in [1.165, 1.54) is 36.0 Å². The van der Waals surface area contributed by atoms with Crippen LogP contribution < -0.4 is 0 Å². The van der Waals surface area contributed by atoms with E-state index in [1.54, 1.807) is 0 Å². The second kappa shape index (κ2) is 5.82. The van der Waals surface area contributed by atoms with E-state index in [-0.39, 0.29) is 0 Å². The number of aliphatic hydroxyl groups excluding tert-OH is 1. The van der Waals surface area contributed by atoms with Crippen LogP contribution >= 0.6 is 11.3 Å². The highest BCUT2D eigenvalue weighted by molar-refractivity contribution is 7.12. The lowest BCUT2D eigenvalue weighted by Crippen LogP contribution is -2.18. The van der Waals surface area contributed by atoms with Crippen LogP contribution in [0.15, 0.2) is 12.1 Å². The van der Waals surface area contributed by atoms with Gasteiger partial charge in [0.15, 0.2) is 0 Å². The fourth-order valence-electron chi connectivity index (χ4n) is 2.18. The molecule has 100 valence electrons. The van der Waals surface area contributed by atoms with Crippen molar-refractivity contribution in [2.45, 2.75) is 32.4 Å². The van der Waals surface area contributed by atoms with Crippen LogP contribution in [-0.2, 0) is 11.3 Å². The van der Waals surface area contributed by atoms with Crippen LogP contribution in [0.1, 0.15) is 35.6 Å². The largest absolute Gasteiger partial charge is 0.481 e. The van der Waals surface area contributed by atoms with Crippen molar-refractivity contribution in [3.05, 3.63) is 21.9 Å². The van der Waals surface area contributed by atoms with Gasteiger partial charge in [-0.2, -0.15) is 0 Å². The number of carboxylic acids is 1. The van der Waals surface area contributed by atoms with Gasteiger partial charge in [-0.3, -0.25) is 9.69 Å². The van der Waals surface area contributed by atoms with Crippen molar-refractivity contribution in [2.24, 2.45) is 5.92 Å². The van der Waals surface area contributed by atoms with E-state index in [2.05, 4.69) is 4.90 Å². The Morgan fingerprint density at radius 3 is 2.72 bits per heavy atom. The molecule has 0 radical (unpaired) electrons. The highest BCUT2D eigenvalue weighted by Gasteiger charge is 2.24. The summed E-state index contributed by atoms with van der Waals surface area (Å²) in [6.45, 7) is 4.73. The van der Waals surface area contributed by atoms with Gasteiger partial charge in [0.05, 0.1) is 5.92 Å². The first-order valence-electron chi connectivity index (χ1n) is 6.30. The number of hydrogen-bond donors (Lipinski definition) is 2. The van der Waals surface area contributed by atoms with Crippen LogP contribution in [0.2, 0.25) is 0 Å². The maximum atomic E-state index is 10.8. The molecule has 1 fully saturated rings. The molecule has 18 heavy (non-hydrogen) atoms. The summed E-state index contributed by atoms with van der Waals surface area (Å²) in [6, 6.07) is 3.84. The van der Waals surface area contributed by atoms with Crippen molar-refractivity contribution in [1.29, 1.82) is 0 Å². The van der Waals surface area contributed by atoms with Crippen LogP contribution in [0.3, 0.4) is 0 Å². The molecule has 0 spiro atoms. The maximum Gasteiger partial charge on any atom is 0.309 e. The van der Waals surface area contributed by atoms with Crippen LogP contribution in [0.4, 0.5) is 0 Å². The number of carboxylic acid groups (broad SMARTS) is 1. The molecule has 0 aromatic carbocycles. The number of thiophene rings is 1. The van der Waals surface area contributed by atoms with Gasteiger partial charge in [0.1, 0.15) is 6.10 Å². The molecular formula is C13H19NO3S. The van der Waals surface area contributed by atoms with Gasteiger partial charge < -0.3 is 10.2 Å². The lowest BCUT2D eigenvalue weighted by Gasteiger charge is -2.14. The average Bonchev–Trinajstić information content (AvgIpc) is 2.99. The number of aliphatic hydroxyl groups is 1. The van der Waals surface area contributed by atoms with Crippen molar-refractivity contribution in [3.8, 4) is 0 Å². The second-order valence-electron chi connectivity index (χ2n) is 4.86. The summed E-state index contributed by atoms with van der Waals surface area (Å²) in [7, 11) is 0. The second-order valence-corrected chi connectivity index (χ2v) is 6.06. The highest BCUT2D eigenvalue weighted by Crippen LogP contribution is 2.29. The van der Waals surface area contributed by atoms with E-state index in [4.69, 9.17) is 5.11 Å². The summed E-state index contributed by atoms with van der Waals surface area (Å²) in [5.74, 6) is -1.72. The normalized spacial score (nSPS) is 19.9. The summed E-state index contributed by atoms with van der Waals surface area (Å²) < 4.78 is 0. The van der Waals surface area contributed by atoms with Crippen LogP contribution in [0.5, 0.6) is 0 Å². The summed E-state index contributed by atoms with van der Waals surface area (Å²) in [5.41, 5.74) is 0. The molecule has 2 rings (SSSR count). The fourth-order valence-corrected chi connectivity index (χ4v) is 3.33. The summed E-state index contributed by atoms with van der Waals surface area (Å²) >= 11 is 1.52. The maximum absolute atomic E-state index is 10.8. The summed E-state index contributed by atoms with van der Waals surface area (Å²) in [6.07, 6.45) is 1.62. The number of rotatable bonds is 5. The Morgan fingerprint density at radius 2 is 2.11 bits per heavy atom. The van der Waals surface area contributed by atoms with Gasteiger partial charge >= 0.3 is 5.97 Å². The molecule has 2 unspecified atom stereocenters. The highest BCUT2D eigenvalue weighted by atomic mass is 32.1. The Kier molecular flexibility index (Phi) is 4.37. The molecule has 4 nitrogen and oxygen atoms in total. The van der Waals surface area contributed by atoms with E-state index in [0.717, 1.165) is 24.5 Å². The van der Waals surface area contributed by atoms with Gasteiger partial charge in [-0.1, -0.05) is 0 Å². The first-order chi connectivity index (χ1) is 8.58. The van der Waals surface area contributed by atoms with Gasteiger partial charge in [0.2, 0.25) is 0 Å². The SMILES string of the molecule is CC(C(=O)O)C(O)c1ccc(CN2CCCC2)s1. The molecule has 0 saturated carbocycles. The van der Waals surface area contributed by atoms with Crippen molar-refractivity contribution < 1.29 is 15.0 Å². The topological polar surface area (TPSA) is 60.8 Å². The van der Waals surface area contributed by atoms with E-state index >= 15 is 0 Å². The molecule has 2 atom stereocenters. The molecule has 1 aliphatic heterocycles. The van der Waals surface area contributed by atoms with E-state index in [0.29, 0.717) is 0 Å². The minimum atomic E-state index is -0.961. The molecule has 1 aliphatic rings. The Bertz CT molecular complexity index is 412. The molecule has 1 saturated heterocycles. The van der Waals surface area contributed by atoms with Crippen molar-refractivity contribution in [3.63, 3.8) is 0 Å². The fraction of sp³-hybridized carbons (Fsp3) is 0.615. The zero-order valence-corrected chi connectivity index (χ0v) is 11.3. The van der Waals surface area contributed by atoms with Crippen LogP contribution in [0.25, 0.3) is 0 Å². The standard InChI is InChI=1S/C13H19NO3S/c1-9(13(16)17)12(15)11-5-4-10(18-11)8-14-6-2-3-7-14/h4-5,9,12,15H,2-3,6-8H2,1H3,(H,16,17). The van der Waals surface area contributed by atoms with E-state index in [1.807, 2.05) is 12.1 Å². The van der Waals surface area contributed by atoms with Gasteiger partial charge in [-0.25, -0.2) is 0 Å². The van der Waals surface area contributed by atoms with Gasteiger partial charge in [-0.05, 0) is 45.0 Å². The zero-order chi connectivity index (χ0) is 13.1. The predicted molar refractivity (Wildman–Crippen MR) is 70.6 cm³/mol. The molecule has 2 heterocycles. The van der Waals surface area contributed by atoms with Gasteiger partial charge in [0.25, 0.3) is 0 Å². The Balaban J connectivity index is 1.98. The van der Waals surface area contributed by atoms with Crippen molar-refractivity contribution in [1.82, 2.24) is 4.90 Å². The first kappa shape index (κ1) is 13.5. The Labute approximate surface area is 111 Å². The lowest BCUT2D eigenvalue weighted by molar-refractivity contribution is -0.144. The quantitative estimate of drug-likeness (QED) is 0.859. The average molecular weight is 269 g/mol. The number of nitrogens with zero attached hydrogens (tertiary/aromatic N) is 1. The number of aliphatic carboxylic acids is 1. The Hall–Kier alpha value is -0.910. The lowest BCUT2D eigenvalue weighted by atomic mass is 10.0.